The van der Waals surface area contributed by atoms with Gasteiger partial charge in [0.2, 0.25) is 11.9 Å². The lowest BCUT2D eigenvalue weighted by atomic mass is 10.1. The van der Waals surface area contributed by atoms with E-state index < -0.39 is 10.0 Å². The van der Waals surface area contributed by atoms with E-state index in [4.69, 9.17) is 0 Å². The molecule has 0 atom stereocenters. The third kappa shape index (κ3) is 3.06. The molecule has 7 nitrogen and oxygen atoms in total. The molecule has 3 rings (SSSR count). The average molecular weight is 318 g/mol. The zero-order chi connectivity index (χ0) is 15.6. The topological polar surface area (TPSA) is 101 Å². The highest BCUT2D eigenvalue weighted by Gasteiger charge is 2.19. The van der Waals surface area contributed by atoms with E-state index >= 15 is 0 Å². The molecule has 1 aliphatic rings. The average Bonchev–Trinajstić information content (AvgIpc) is 2.67. The highest BCUT2D eigenvalue weighted by Crippen LogP contribution is 2.25. The fraction of sp³-hybridized carbons (Fsp3) is 0.214. The van der Waals surface area contributed by atoms with Crippen molar-refractivity contribution in [3.8, 4) is 0 Å². The van der Waals surface area contributed by atoms with Crippen molar-refractivity contribution in [3.05, 3.63) is 42.2 Å². The lowest BCUT2D eigenvalue weighted by molar-refractivity contribution is -0.116. The van der Waals surface area contributed by atoms with Crippen molar-refractivity contribution in [2.24, 2.45) is 0 Å². The summed E-state index contributed by atoms with van der Waals surface area (Å²) in [7, 11) is -3.76. The van der Waals surface area contributed by atoms with Gasteiger partial charge in [-0.05, 0) is 42.7 Å². The molecule has 8 heteroatoms. The van der Waals surface area contributed by atoms with Crippen molar-refractivity contribution >= 4 is 27.6 Å². The van der Waals surface area contributed by atoms with Crippen LogP contribution < -0.4 is 10.0 Å². The summed E-state index contributed by atoms with van der Waals surface area (Å²) in [6, 6.07) is 6.24. The molecular formula is C14H14N4O3S. The summed E-state index contributed by atoms with van der Waals surface area (Å²) in [4.78, 5) is 19.3. The summed E-state index contributed by atoms with van der Waals surface area (Å²) >= 11 is 0. The van der Waals surface area contributed by atoms with E-state index in [1.54, 1.807) is 18.2 Å². The second-order valence-corrected chi connectivity index (χ2v) is 6.58. The van der Waals surface area contributed by atoms with Gasteiger partial charge in [-0.1, -0.05) is 0 Å². The number of amides is 1. The lowest BCUT2D eigenvalue weighted by Crippen LogP contribution is -2.15. The standard InChI is InChI=1S/C14H14N4O3S/c19-13-4-1-3-10-9-11(5-6-12(10)17-13)22(20,21)18-14-15-7-2-8-16-14/h2,5-9H,1,3-4H2,(H,17,19)(H,15,16,18). The molecule has 2 heterocycles. The van der Waals surface area contributed by atoms with E-state index in [2.05, 4.69) is 20.0 Å². The maximum absolute atomic E-state index is 12.4. The van der Waals surface area contributed by atoms with Gasteiger partial charge in [0, 0.05) is 24.5 Å². The first-order chi connectivity index (χ1) is 10.5. The Balaban J connectivity index is 1.91. The monoisotopic (exact) mass is 318 g/mol. The van der Waals surface area contributed by atoms with E-state index in [9.17, 15) is 13.2 Å². The number of nitrogens with zero attached hydrogens (tertiary/aromatic N) is 2. The van der Waals surface area contributed by atoms with Crippen LogP contribution >= 0.6 is 0 Å². The second kappa shape index (κ2) is 5.72. The van der Waals surface area contributed by atoms with Crippen molar-refractivity contribution in [2.75, 3.05) is 10.0 Å². The molecule has 0 saturated carbocycles. The number of carbonyl (C=O) groups is 1. The lowest BCUT2D eigenvalue weighted by Gasteiger charge is -2.10. The first kappa shape index (κ1) is 14.5. The molecule has 0 bridgehead atoms. The Morgan fingerprint density at radius 2 is 1.91 bits per heavy atom. The number of fused-ring (bicyclic) bond motifs is 1. The number of anilines is 2. The molecular weight excluding hydrogens is 304 g/mol. The fourth-order valence-corrected chi connectivity index (χ4v) is 3.26. The van der Waals surface area contributed by atoms with Crippen LogP contribution in [-0.4, -0.2) is 24.3 Å². The van der Waals surface area contributed by atoms with E-state index in [0.29, 0.717) is 24.9 Å². The quantitative estimate of drug-likeness (QED) is 0.894. The molecule has 22 heavy (non-hydrogen) atoms. The van der Waals surface area contributed by atoms with E-state index in [1.165, 1.54) is 18.5 Å². The summed E-state index contributed by atoms with van der Waals surface area (Å²) in [6.07, 6.45) is 4.69. The number of sulfonamides is 1. The van der Waals surface area contributed by atoms with Crippen LogP contribution in [0.5, 0.6) is 0 Å². The number of rotatable bonds is 3. The number of nitrogens with one attached hydrogen (secondary N) is 2. The van der Waals surface area contributed by atoms with Crippen molar-refractivity contribution in [2.45, 2.75) is 24.2 Å². The number of hydrogen-bond acceptors (Lipinski definition) is 5. The van der Waals surface area contributed by atoms with Crippen LogP contribution in [0.3, 0.4) is 0 Å². The molecule has 1 aromatic carbocycles. The maximum Gasteiger partial charge on any atom is 0.264 e. The third-order valence-corrected chi connectivity index (χ3v) is 4.63. The number of aromatic nitrogens is 2. The third-order valence-electron chi connectivity index (χ3n) is 3.30. The van der Waals surface area contributed by atoms with E-state index in [0.717, 1.165) is 5.56 Å². The molecule has 1 aromatic heterocycles. The summed E-state index contributed by atoms with van der Waals surface area (Å²) in [5, 5.41) is 2.77. The van der Waals surface area contributed by atoms with Crippen LogP contribution in [0.15, 0.2) is 41.6 Å². The molecule has 0 spiro atoms. The second-order valence-electron chi connectivity index (χ2n) is 4.90. The van der Waals surface area contributed by atoms with Crippen molar-refractivity contribution in [3.63, 3.8) is 0 Å². The first-order valence-electron chi connectivity index (χ1n) is 6.77. The number of hydrogen-bond donors (Lipinski definition) is 2. The highest BCUT2D eigenvalue weighted by atomic mass is 32.2. The molecule has 2 N–H and O–H groups in total. The first-order valence-corrected chi connectivity index (χ1v) is 8.25. The minimum absolute atomic E-state index is 0.0192. The van der Waals surface area contributed by atoms with Gasteiger partial charge in [0.1, 0.15) is 0 Å². The van der Waals surface area contributed by atoms with Crippen LogP contribution in [0.4, 0.5) is 11.6 Å². The van der Waals surface area contributed by atoms with Gasteiger partial charge in [-0.3, -0.25) is 4.79 Å². The van der Waals surface area contributed by atoms with Gasteiger partial charge in [-0.2, -0.15) is 0 Å². The number of aryl methyl sites for hydroxylation is 1. The Labute approximate surface area is 127 Å². The smallest absolute Gasteiger partial charge is 0.264 e. The Kier molecular flexibility index (Phi) is 3.76. The predicted octanol–water partition coefficient (Wildman–Crippen LogP) is 1.55. The molecule has 114 valence electrons. The van der Waals surface area contributed by atoms with Crippen molar-refractivity contribution in [1.82, 2.24) is 9.97 Å². The van der Waals surface area contributed by atoms with Crippen LogP contribution in [0, 0.1) is 0 Å². The molecule has 1 amide bonds. The minimum Gasteiger partial charge on any atom is -0.326 e. The van der Waals surface area contributed by atoms with Gasteiger partial charge in [-0.15, -0.1) is 0 Å². The SMILES string of the molecule is O=C1CCCc2cc(S(=O)(=O)Nc3ncccn3)ccc2N1. The van der Waals surface area contributed by atoms with E-state index in [1.807, 2.05) is 0 Å². The van der Waals surface area contributed by atoms with E-state index in [-0.39, 0.29) is 16.8 Å². The van der Waals surface area contributed by atoms with Crippen LogP contribution in [0.1, 0.15) is 18.4 Å². The Morgan fingerprint density at radius 1 is 1.14 bits per heavy atom. The van der Waals surface area contributed by atoms with Crippen molar-refractivity contribution < 1.29 is 13.2 Å². The predicted molar refractivity (Wildman–Crippen MR) is 80.9 cm³/mol. The van der Waals surface area contributed by atoms with Crippen LogP contribution in [0.2, 0.25) is 0 Å². The Morgan fingerprint density at radius 3 is 2.68 bits per heavy atom. The fourth-order valence-electron chi connectivity index (χ4n) is 2.25. The normalized spacial score (nSPS) is 14.6. The number of carbonyl (C=O) groups excluding carboxylic acids is 1. The van der Waals surface area contributed by atoms with Gasteiger partial charge in [0.25, 0.3) is 10.0 Å². The molecule has 0 unspecified atom stereocenters. The summed E-state index contributed by atoms with van der Waals surface area (Å²) in [5.74, 6) is -0.0316. The molecule has 0 saturated heterocycles. The Bertz CT molecular complexity index is 806. The van der Waals surface area contributed by atoms with Crippen LogP contribution in [0.25, 0.3) is 0 Å². The molecule has 0 radical (unpaired) electrons. The summed E-state index contributed by atoms with van der Waals surface area (Å²) in [6.45, 7) is 0. The minimum atomic E-state index is -3.76. The van der Waals surface area contributed by atoms with Gasteiger partial charge < -0.3 is 5.32 Å². The molecule has 0 aliphatic carbocycles. The zero-order valence-electron chi connectivity index (χ0n) is 11.6. The molecule has 2 aromatic rings. The zero-order valence-corrected chi connectivity index (χ0v) is 12.4. The van der Waals surface area contributed by atoms with Gasteiger partial charge in [0.15, 0.2) is 0 Å². The maximum atomic E-state index is 12.4. The number of benzene rings is 1. The molecule has 1 aliphatic heterocycles. The molecule has 0 fully saturated rings. The van der Waals surface area contributed by atoms with Gasteiger partial charge >= 0.3 is 0 Å². The van der Waals surface area contributed by atoms with Crippen LogP contribution in [-0.2, 0) is 21.2 Å². The summed E-state index contributed by atoms with van der Waals surface area (Å²) in [5.41, 5.74) is 1.47. The van der Waals surface area contributed by atoms with Gasteiger partial charge in [-0.25, -0.2) is 23.1 Å². The Hall–Kier alpha value is -2.48. The van der Waals surface area contributed by atoms with Gasteiger partial charge in [0.05, 0.1) is 4.90 Å². The highest BCUT2D eigenvalue weighted by molar-refractivity contribution is 7.92. The van der Waals surface area contributed by atoms with Crippen molar-refractivity contribution in [1.29, 1.82) is 0 Å². The summed E-state index contributed by atoms with van der Waals surface area (Å²) < 4.78 is 27.0. The largest absolute Gasteiger partial charge is 0.326 e.